The number of anilines is 2. The molecule has 1 unspecified atom stereocenters. The van der Waals surface area contributed by atoms with Crippen molar-refractivity contribution in [3.05, 3.63) is 48.0 Å². The van der Waals surface area contributed by atoms with Crippen LogP contribution in [0, 0.1) is 0 Å². The smallest absolute Gasteiger partial charge is 0.0892 e. The van der Waals surface area contributed by atoms with E-state index in [9.17, 15) is 9.32 Å². The van der Waals surface area contributed by atoms with E-state index < -0.39 is 10.8 Å². The Kier molecular flexibility index (Phi) is 3.12. The summed E-state index contributed by atoms with van der Waals surface area (Å²) in [4.78, 5) is 3.78. The molecule has 3 nitrogen and oxygen atoms in total. The van der Waals surface area contributed by atoms with E-state index in [1.807, 2.05) is 42.5 Å². The minimum atomic E-state index is -1.18. The summed E-state index contributed by atoms with van der Waals surface area (Å²) in [5, 5.41) is 9.23. The number of aliphatic hydroxyl groups excluding tert-OH is 1. The Morgan fingerprint density at radius 2 is 1.84 bits per heavy atom. The van der Waals surface area contributed by atoms with Gasteiger partial charge in [-0.05, 0) is 36.8 Å². The zero-order chi connectivity index (χ0) is 13.4. The predicted octanol–water partition coefficient (Wildman–Crippen LogP) is 2.82. The predicted molar refractivity (Wildman–Crippen MR) is 76.2 cm³/mol. The van der Waals surface area contributed by atoms with Crippen LogP contribution < -0.4 is 4.90 Å². The first-order chi connectivity index (χ1) is 9.26. The van der Waals surface area contributed by atoms with E-state index in [2.05, 4.69) is 11.8 Å². The SMILES string of the molecule is CCN1c2ccccc2S(=O)c2cc(CO)ccc21. The second kappa shape index (κ2) is 4.79. The molecular formula is C15H15NO2S. The van der Waals surface area contributed by atoms with Gasteiger partial charge in [-0.15, -0.1) is 0 Å². The molecular weight excluding hydrogens is 258 g/mol. The zero-order valence-corrected chi connectivity index (χ0v) is 11.5. The van der Waals surface area contributed by atoms with E-state index in [1.54, 1.807) is 0 Å². The van der Waals surface area contributed by atoms with Gasteiger partial charge in [0.05, 0.1) is 38.6 Å². The number of rotatable bonds is 2. The Bertz CT molecular complexity index is 654. The molecule has 1 N–H and O–H groups in total. The van der Waals surface area contributed by atoms with Crippen molar-refractivity contribution in [2.24, 2.45) is 0 Å². The molecule has 0 amide bonds. The normalized spacial score (nSPS) is 16.9. The monoisotopic (exact) mass is 273 g/mol. The molecule has 0 aromatic heterocycles. The number of aliphatic hydroxyl groups is 1. The van der Waals surface area contributed by atoms with Crippen molar-refractivity contribution < 1.29 is 9.32 Å². The number of hydrogen-bond acceptors (Lipinski definition) is 3. The third kappa shape index (κ3) is 1.88. The van der Waals surface area contributed by atoms with Crippen LogP contribution >= 0.6 is 0 Å². The largest absolute Gasteiger partial charge is 0.392 e. The van der Waals surface area contributed by atoms with Gasteiger partial charge in [0.15, 0.2) is 0 Å². The van der Waals surface area contributed by atoms with E-state index in [0.717, 1.165) is 33.3 Å². The van der Waals surface area contributed by atoms with Crippen LogP contribution in [0.5, 0.6) is 0 Å². The molecule has 3 rings (SSSR count). The summed E-state index contributed by atoms with van der Waals surface area (Å²) in [7, 11) is -1.18. The zero-order valence-electron chi connectivity index (χ0n) is 10.7. The standard InChI is InChI=1S/C15H15NO2S/c1-2-16-12-5-3-4-6-14(12)19(18)15-9-11(10-17)7-8-13(15)16/h3-9,17H,2,10H2,1H3. The second-order valence-electron chi connectivity index (χ2n) is 4.44. The lowest BCUT2D eigenvalue weighted by atomic mass is 10.1. The number of fused-ring (bicyclic) bond motifs is 2. The summed E-state index contributed by atoms with van der Waals surface area (Å²) < 4.78 is 12.6. The maximum atomic E-state index is 12.6. The van der Waals surface area contributed by atoms with Crippen molar-refractivity contribution in [3.8, 4) is 0 Å². The Hall–Kier alpha value is -1.65. The van der Waals surface area contributed by atoms with Crippen molar-refractivity contribution in [1.82, 2.24) is 0 Å². The first-order valence-corrected chi connectivity index (χ1v) is 7.43. The van der Waals surface area contributed by atoms with E-state index in [4.69, 9.17) is 0 Å². The minimum Gasteiger partial charge on any atom is -0.392 e. The van der Waals surface area contributed by atoms with E-state index >= 15 is 0 Å². The van der Waals surface area contributed by atoms with Gasteiger partial charge < -0.3 is 10.0 Å². The van der Waals surface area contributed by atoms with Crippen LogP contribution in [0.4, 0.5) is 11.4 Å². The molecule has 0 bridgehead atoms. The van der Waals surface area contributed by atoms with Crippen LogP contribution in [-0.4, -0.2) is 15.9 Å². The fraction of sp³-hybridized carbons (Fsp3) is 0.200. The molecule has 0 fully saturated rings. The molecule has 0 spiro atoms. The number of nitrogens with zero attached hydrogens (tertiary/aromatic N) is 1. The van der Waals surface area contributed by atoms with Crippen LogP contribution in [0.3, 0.4) is 0 Å². The van der Waals surface area contributed by atoms with E-state index in [1.165, 1.54) is 0 Å². The lowest BCUT2D eigenvalue weighted by Crippen LogP contribution is -2.23. The Labute approximate surface area is 115 Å². The Morgan fingerprint density at radius 3 is 2.58 bits per heavy atom. The van der Waals surface area contributed by atoms with Crippen LogP contribution in [0.1, 0.15) is 12.5 Å². The molecule has 1 atom stereocenters. The summed E-state index contributed by atoms with van der Waals surface area (Å²) in [5.74, 6) is 0. The molecule has 2 aromatic carbocycles. The van der Waals surface area contributed by atoms with E-state index in [-0.39, 0.29) is 6.61 Å². The molecule has 98 valence electrons. The quantitative estimate of drug-likeness (QED) is 0.914. The first-order valence-electron chi connectivity index (χ1n) is 6.28. The maximum Gasteiger partial charge on any atom is 0.0892 e. The van der Waals surface area contributed by atoms with Crippen LogP contribution in [0.25, 0.3) is 0 Å². The summed E-state index contributed by atoms with van der Waals surface area (Å²) in [6, 6.07) is 13.4. The lowest BCUT2D eigenvalue weighted by Gasteiger charge is -2.31. The van der Waals surface area contributed by atoms with Gasteiger partial charge >= 0.3 is 0 Å². The molecule has 2 aromatic rings. The van der Waals surface area contributed by atoms with Crippen molar-refractivity contribution >= 4 is 22.2 Å². The molecule has 1 aliphatic heterocycles. The summed E-state index contributed by atoms with van der Waals surface area (Å²) >= 11 is 0. The van der Waals surface area contributed by atoms with Crippen LogP contribution in [0.2, 0.25) is 0 Å². The fourth-order valence-corrected chi connectivity index (χ4v) is 3.89. The fourth-order valence-electron chi connectivity index (χ4n) is 2.45. The molecule has 0 saturated carbocycles. The Morgan fingerprint density at radius 1 is 1.11 bits per heavy atom. The number of benzene rings is 2. The van der Waals surface area contributed by atoms with Crippen molar-refractivity contribution in [2.75, 3.05) is 11.4 Å². The highest BCUT2D eigenvalue weighted by molar-refractivity contribution is 7.85. The number of para-hydroxylation sites is 1. The molecule has 0 saturated heterocycles. The Balaban J connectivity index is 2.24. The highest BCUT2D eigenvalue weighted by Gasteiger charge is 2.26. The van der Waals surface area contributed by atoms with Crippen molar-refractivity contribution in [1.29, 1.82) is 0 Å². The van der Waals surface area contributed by atoms with Crippen LogP contribution in [0.15, 0.2) is 52.3 Å². The molecule has 1 heterocycles. The third-order valence-corrected chi connectivity index (χ3v) is 4.84. The first kappa shape index (κ1) is 12.4. The lowest BCUT2D eigenvalue weighted by molar-refractivity contribution is 0.281. The van der Waals surface area contributed by atoms with Gasteiger partial charge in [0.25, 0.3) is 0 Å². The number of hydrogen-bond donors (Lipinski definition) is 1. The average molecular weight is 273 g/mol. The topological polar surface area (TPSA) is 40.5 Å². The highest BCUT2D eigenvalue weighted by Crippen LogP contribution is 2.41. The molecule has 19 heavy (non-hydrogen) atoms. The van der Waals surface area contributed by atoms with Gasteiger partial charge in [0.2, 0.25) is 0 Å². The maximum absolute atomic E-state index is 12.6. The van der Waals surface area contributed by atoms with Gasteiger partial charge in [-0.1, -0.05) is 18.2 Å². The minimum absolute atomic E-state index is 0.0295. The van der Waals surface area contributed by atoms with E-state index in [0.29, 0.717) is 0 Å². The van der Waals surface area contributed by atoms with Crippen LogP contribution in [-0.2, 0) is 17.4 Å². The average Bonchev–Trinajstić information content (AvgIpc) is 2.48. The third-order valence-electron chi connectivity index (χ3n) is 3.37. The summed E-state index contributed by atoms with van der Waals surface area (Å²) in [5.41, 5.74) is 2.77. The van der Waals surface area contributed by atoms with Gasteiger partial charge in [-0.2, -0.15) is 0 Å². The highest BCUT2D eigenvalue weighted by atomic mass is 32.2. The van der Waals surface area contributed by atoms with Gasteiger partial charge in [-0.25, -0.2) is 4.21 Å². The second-order valence-corrected chi connectivity index (χ2v) is 5.86. The summed E-state index contributed by atoms with van der Waals surface area (Å²) in [6.07, 6.45) is 0. The molecule has 0 aliphatic carbocycles. The molecule has 4 heteroatoms. The molecule has 0 radical (unpaired) electrons. The molecule has 1 aliphatic rings. The van der Waals surface area contributed by atoms with Gasteiger partial charge in [0, 0.05) is 6.54 Å². The summed E-state index contributed by atoms with van der Waals surface area (Å²) in [6.45, 7) is 2.87. The van der Waals surface area contributed by atoms with Gasteiger partial charge in [0.1, 0.15) is 0 Å². The van der Waals surface area contributed by atoms with Crippen molar-refractivity contribution in [3.63, 3.8) is 0 Å². The van der Waals surface area contributed by atoms with Gasteiger partial charge in [-0.3, -0.25) is 0 Å². The van der Waals surface area contributed by atoms with Crippen molar-refractivity contribution in [2.45, 2.75) is 23.3 Å².